The Morgan fingerprint density at radius 1 is 1.32 bits per heavy atom. The van der Waals surface area contributed by atoms with E-state index >= 15 is 0 Å². The first-order valence-electron chi connectivity index (χ1n) is 6.41. The zero-order valence-electron chi connectivity index (χ0n) is 10.7. The molecule has 0 radical (unpaired) electrons. The molecule has 1 aromatic carbocycles. The van der Waals surface area contributed by atoms with E-state index in [1.807, 2.05) is 30.3 Å². The Labute approximate surface area is 123 Å². The lowest BCUT2D eigenvalue weighted by Crippen LogP contribution is -2.55. The molecule has 0 bridgehead atoms. The molecule has 3 N–H and O–H groups in total. The van der Waals surface area contributed by atoms with Crippen LogP contribution in [-0.2, 0) is 4.79 Å². The van der Waals surface area contributed by atoms with Gasteiger partial charge in [0.25, 0.3) is 0 Å². The molecule has 0 aliphatic heterocycles. The van der Waals surface area contributed by atoms with E-state index in [-0.39, 0.29) is 5.91 Å². The van der Waals surface area contributed by atoms with Crippen molar-refractivity contribution in [2.75, 3.05) is 5.75 Å². The van der Waals surface area contributed by atoms with Gasteiger partial charge in [-0.2, -0.15) is 0 Å². The van der Waals surface area contributed by atoms with Crippen LogP contribution < -0.4 is 11.1 Å². The summed E-state index contributed by atoms with van der Waals surface area (Å²) in [6.07, 6.45) is 3.88. The smallest absolute Gasteiger partial charge is 0.231 e. The van der Waals surface area contributed by atoms with E-state index in [2.05, 4.69) is 5.32 Å². The molecule has 102 valence electrons. The van der Waals surface area contributed by atoms with Crippen molar-refractivity contribution >= 4 is 34.9 Å². The van der Waals surface area contributed by atoms with Crippen molar-refractivity contribution < 1.29 is 4.79 Å². The summed E-state index contributed by atoms with van der Waals surface area (Å²) in [5, 5.41) is 3.04. The van der Waals surface area contributed by atoms with E-state index < -0.39 is 5.54 Å². The number of thiocarbonyl (C=S) groups is 1. The van der Waals surface area contributed by atoms with Gasteiger partial charge in [-0.25, -0.2) is 0 Å². The molecule has 0 unspecified atom stereocenters. The second kappa shape index (κ2) is 6.39. The largest absolute Gasteiger partial charge is 0.391 e. The summed E-state index contributed by atoms with van der Waals surface area (Å²) in [6, 6.07) is 9.89. The van der Waals surface area contributed by atoms with Crippen LogP contribution in [-0.4, -0.2) is 22.2 Å². The summed E-state index contributed by atoms with van der Waals surface area (Å²) in [6.45, 7) is 0. The fourth-order valence-electron chi connectivity index (χ4n) is 2.38. The van der Waals surface area contributed by atoms with Gasteiger partial charge in [0.1, 0.15) is 0 Å². The molecule has 5 heteroatoms. The second-order valence-corrected chi connectivity index (χ2v) is 6.29. The number of amides is 1. The first kappa shape index (κ1) is 14.3. The molecule has 0 heterocycles. The van der Waals surface area contributed by atoms with Crippen molar-refractivity contribution in [2.45, 2.75) is 36.1 Å². The Morgan fingerprint density at radius 3 is 2.53 bits per heavy atom. The minimum atomic E-state index is -0.441. The molecular formula is C14H18N2OS2. The Kier molecular flexibility index (Phi) is 4.82. The van der Waals surface area contributed by atoms with Crippen LogP contribution in [0.1, 0.15) is 25.7 Å². The molecule has 0 aromatic heterocycles. The second-order valence-electron chi connectivity index (χ2n) is 4.80. The van der Waals surface area contributed by atoms with Gasteiger partial charge in [-0.15, -0.1) is 11.8 Å². The summed E-state index contributed by atoms with van der Waals surface area (Å²) in [7, 11) is 0. The predicted molar refractivity (Wildman–Crippen MR) is 83.3 cm³/mol. The van der Waals surface area contributed by atoms with E-state index in [1.165, 1.54) is 11.8 Å². The van der Waals surface area contributed by atoms with Crippen LogP contribution in [0.4, 0.5) is 0 Å². The van der Waals surface area contributed by atoms with Gasteiger partial charge >= 0.3 is 0 Å². The average Bonchev–Trinajstić information content (AvgIpc) is 2.87. The lowest BCUT2D eigenvalue weighted by molar-refractivity contribution is -0.119. The van der Waals surface area contributed by atoms with Crippen molar-refractivity contribution in [2.24, 2.45) is 5.73 Å². The highest BCUT2D eigenvalue weighted by Crippen LogP contribution is 2.30. The fourth-order valence-corrected chi connectivity index (χ4v) is 3.35. The minimum Gasteiger partial charge on any atom is -0.391 e. The van der Waals surface area contributed by atoms with Gasteiger partial charge in [0, 0.05) is 4.90 Å². The molecule has 1 aromatic rings. The van der Waals surface area contributed by atoms with Crippen LogP contribution in [0.2, 0.25) is 0 Å². The molecule has 0 spiro atoms. The molecular weight excluding hydrogens is 276 g/mol. The lowest BCUT2D eigenvalue weighted by atomic mass is 9.98. The summed E-state index contributed by atoms with van der Waals surface area (Å²) in [5.74, 6) is 0.400. The first-order chi connectivity index (χ1) is 9.12. The number of carbonyl (C=O) groups is 1. The van der Waals surface area contributed by atoms with Crippen molar-refractivity contribution in [3.05, 3.63) is 30.3 Å². The lowest BCUT2D eigenvalue weighted by Gasteiger charge is -2.29. The third kappa shape index (κ3) is 3.70. The fraction of sp³-hybridized carbons (Fsp3) is 0.429. The first-order valence-corrected chi connectivity index (χ1v) is 7.80. The number of rotatable bonds is 5. The highest BCUT2D eigenvalue weighted by molar-refractivity contribution is 8.00. The number of nitrogens with one attached hydrogen (secondary N) is 1. The number of benzene rings is 1. The van der Waals surface area contributed by atoms with Gasteiger partial charge < -0.3 is 11.1 Å². The zero-order valence-corrected chi connectivity index (χ0v) is 12.4. The Hall–Kier alpha value is -1.07. The molecule has 1 saturated carbocycles. The maximum Gasteiger partial charge on any atom is 0.231 e. The van der Waals surface area contributed by atoms with Crippen LogP contribution >= 0.6 is 24.0 Å². The van der Waals surface area contributed by atoms with Gasteiger partial charge in [0.15, 0.2) is 0 Å². The van der Waals surface area contributed by atoms with Crippen LogP contribution in [0.25, 0.3) is 0 Å². The molecule has 19 heavy (non-hydrogen) atoms. The number of hydrogen-bond donors (Lipinski definition) is 2. The maximum absolute atomic E-state index is 12.0. The summed E-state index contributed by atoms with van der Waals surface area (Å²) in [4.78, 5) is 13.5. The van der Waals surface area contributed by atoms with E-state index in [0.29, 0.717) is 10.7 Å². The maximum atomic E-state index is 12.0. The highest BCUT2D eigenvalue weighted by Gasteiger charge is 2.37. The van der Waals surface area contributed by atoms with Gasteiger partial charge in [0.05, 0.1) is 16.3 Å². The SMILES string of the molecule is NC(=S)C1(NC(=O)CSc2ccccc2)CCCC1. The van der Waals surface area contributed by atoms with Crippen LogP contribution in [0.3, 0.4) is 0 Å². The van der Waals surface area contributed by atoms with E-state index in [9.17, 15) is 4.79 Å². The van der Waals surface area contributed by atoms with E-state index in [1.54, 1.807) is 0 Å². The molecule has 1 amide bonds. The third-order valence-corrected chi connectivity index (χ3v) is 4.82. The summed E-state index contributed by atoms with van der Waals surface area (Å²) in [5.41, 5.74) is 5.36. The Balaban J connectivity index is 1.88. The molecule has 1 aliphatic carbocycles. The van der Waals surface area contributed by atoms with Crippen LogP contribution in [0, 0.1) is 0 Å². The monoisotopic (exact) mass is 294 g/mol. The average molecular weight is 294 g/mol. The van der Waals surface area contributed by atoms with Crippen molar-refractivity contribution in [1.82, 2.24) is 5.32 Å². The summed E-state index contributed by atoms with van der Waals surface area (Å²) < 4.78 is 0. The van der Waals surface area contributed by atoms with E-state index in [0.717, 1.165) is 30.6 Å². The molecule has 3 nitrogen and oxygen atoms in total. The highest BCUT2D eigenvalue weighted by atomic mass is 32.2. The number of hydrogen-bond acceptors (Lipinski definition) is 3. The normalized spacial score (nSPS) is 17.1. The molecule has 1 fully saturated rings. The topological polar surface area (TPSA) is 55.1 Å². The van der Waals surface area contributed by atoms with Gasteiger partial charge in [0.2, 0.25) is 5.91 Å². The number of carbonyl (C=O) groups excluding carboxylic acids is 1. The van der Waals surface area contributed by atoms with Crippen LogP contribution in [0.5, 0.6) is 0 Å². The van der Waals surface area contributed by atoms with Crippen LogP contribution in [0.15, 0.2) is 35.2 Å². The quantitative estimate of drug-likeness (QED) is 0.647. The molecule has 0 atom stereocenters. The number of nitrogens with two attached hydrogens (primary N) is 1. The van der Waals surface area contributed by atoms with Gasteiger partial charge in [-0.3, -0.25) is 4.79 Å². The molecule has 2 rings (SSSR count). The van der Waals surface area contributed by atoms with Gasteiger partial charge in [-0.1, -0.05) is 43.3 Å². The third-order valence-electron chi connectivity index (χ3n) is 3.42. The van der Waals surface area contributed by atoms with E-state index in [4.69, 9.17) is 18.0 Å². The standard InChI is InChI=1S/C14H18N2OS2/c15-13(18)14(8-4-5-9-14)16-12(17)10-19-11-6-2-1-3-7-11/h1-3,6-7H,4-5,8-10H2,(H2,15,18)(H,16,17). The van der Waals surface area contributed by atoms with Crippen molar-refractivity contribution in [3.63, 3.8) is 0 Å². The Morgan fingerprint density at radius 2 is 1.95 bits per heavy atom. The Bertz CT molecular complexity index is 456. The summed E-state index contributed by atoms with van der Waals surface area (Å²) >= 11 is 6.65. The minimum absolute atomic E-state index is 0.00329. The van der Waals surface area contributed by atoms with Crippen molar-refractivity contribution in [1.29, 1.82) is 0 Å². The van der Waals surface area contributed by atoms with Crippen molar-refractivity contribution in [3.8, 4) is 0 Å². The predicted octanol–water partition coefficient (Wildman–Crippen LogP) is 2.49. The number of thioether (sulfide) groups is 1. The van der Waals surface area contributed by atoms with Gasteiger partial charge in [-0.05, 0) is 25.0 Å². The molecule has 0 saturated heterocycles. The zero-order chi connectivity index (χ0) is 13.7. The molecule has 1 aliphatic rings.